The molecule has 3 fully saturated rings. The van der Waals surface area contributed by atoms with Gasteiger partial charge in [-0.05, 0) is 69.4 Å². The minimum Gasteiger partial charge on any atom is -0.326 e. The number of hydrogen-bond acceptors (Lipinski definition) is 5. The minimum atomic E-state index is -0.419. The summed E-state index contributed by atoms with van der Waals surface area (Å²) >= 11 is 0. The Morgan fingerprint density at radius 2 is 1.92 bits per heavy atom. The molecule has 2 N–H and O–H groups in total. The van der Waals surface area contributed by atoms with Crippen LogP contribution in [0.4, 0.5) is 10.5 Å². The number of aromatic nitrogens is 3. The lowest BCUT2D eigenvalue weighted by Crippen LogP contribution is -2.34. The van der Waals surface area contributed by atoms with Crippen molar-refractivity contribution in [1.29, 1.82) is 0 Å². The van der Waals surface area contributed by atoms with E-state index in [2.05, 4.69) is 39.2 Å². The van der Waals surface area contributed by atoms with Crippen LogP contribution >= 0.6 is 0 Å². The van der Waals surface area contributed by atoms with E-state index in [4.69, 9.17) is 0 Å². The summed E-state index contributed by atoms with van der Waals surface area (Å²) in [6, 6.07) is 5.86. The van der Waals surface area contributed by atoms with Gasteiger partial charge in [0.05, 0.1) is 0 Å². The number of nitrogens with one attached hydrogen (secondary N) is 2. The van der Waals surface area contributed by atoms with Crippen LogP contribution in [-0.2, 0) is 9.59 Å². The summed E-state index contributed by atoms with van der Waals surface area (Å²) in [5.74, 6) is 2.78. The molecule has 2 saturated carbocycles. The number of amides is 4. The molecule has 37 heavy (non-hydrogen) atoms. The Labute approximate surface area is 218 Å². The first-order chi connectivity index (χ1) is 17.7. The average molecular weight is 507 g/mol. The maximum absolute atomic E-state index is 13.2. The van der Waals surface area contributed by atoms with Crippen LogP contribution in [0, 0.1) is 25.7 Å². The van der Waals surface area contributed by atoms with Crippen molar-refractivity contribution >= 4 is 23.5 Å². The van der Waals surface area contributed by atoms with Gasteiger partial charge in [0.2, 0.25) is 11.8 Å². The topological polar surface area (TPSA) is 109 Å². The van der Waals surface area contributed by atoms with Crippen LogP contribution in [0.3, 0.4) is 0 Å². The number of carbonyl (C=O) groups excluding carboxylic acids is 3. The zero-order valence-electron chi connectivity index (χ0n) is 22.3. The van der Waals surface area contributed by atoms with E-state index in [1.807, 2.05) is 32.0 Å². The Hall–Kier alpha value is -3.23. The number of carbonyl (C=O) groups is 3. The molecular weight excluding hydrogens is 468 g/mol. The number of rotatable bonds is 10. The van der Waals surface area contributed by atoms with Gasteiger partial charge >= 0.3 is 6.03 Å². The third kappa shape index (κ3) is 5.70. The van der Waals surface area contributed by atoms with Crippen molar-refractivity contribution in [2.24, 2.45) is 11.8 Å². The largest absolute Gasteiger partial charge is 0.326 e. The zero-order valence-corrected chi connectivity index (χ0v) is 22.3. The summed E-state index contributed by atoms with van der Waals surface area (Å²) in [7, 11) is 0. The fraction of sp³-hybridized carbons (Fsp3) is 0.607. The predicted molar refractivity (Wildman–Crippen MR) is 140 cm³/mol. The first-order valence-electron chi connectivity index (χ1n) is 13.6. The van der Waals surface area contributed by atoms with Crippen molar-refractivity contribution in [2.45, 2.75) is 84.1 Å². The molecule has 2 aromatic rings. The zero-order chi connectivity index (χ0) is 26.3. The molecule has 2 heterocycles. The predicted octanol–water partition coefficient (Wildman–Crippen LogP) is 4.43. The van der Waals surface area contributed by atoms with Crippen LogP contribution in [0.15, 0.2) is 18.2 Å². The Balaban J connectivity index is 1.38. The van der Waals surface area contributed by atoms with E-state index in [-0.39, 0.29) is 37.2 Å². The van der Waals surface area contributed by atoms with E-state index in [0.29, 0.717) is 17.9 Å². The van der Waals surface area contributed by atoms with E-state index >= 15 is 0 Å². The smallest absolute Gasteiger partial charge is 0.324 e. The molecule has 3 aliphatic rings. The second-order valence-corrected chi connectivity index (χ2v) is 11.7. The van der Waals surface area contributed by atoms with Crippen LogP contribution in [-0.4, -0.2) is 50.6 Å². The number of nitrogens with zero attached hydrogens (tertiary/aromatic N) is 4. The molecule has 198 valence electrons. The van der Waals surface area contributed by atoms with Crippen LogP contribution in [0.25, 0.3) is 0 Å². The normalized spacial score (nSPS) is 22.2. The molecule has 0 bridgehead atoms. The van der Waals surface area contributed by atoms with Crippen LogP contribution < -0.4 is 10.6 Å². The van der Waals surface area contributed by atoms with E-state index in [9.17, 15) is 14.4 Å². The van der Waals surface area contributed by atoms with Gasteiger partial charge < -0.3 is 14.8 Å². The van der Waals surface area contributed by atoms with Crippen molar-refractivity contribution < 1.29 is 14.4 Å². The Bertz CT molecular complexity index is 1190. The van der Waals surface area contributed by atoms with Crippen molar-refractivity contribution in [2.75, 3.05) is 18.4 Å². The molecular formula is C28H38N6O3. The first-order valence-corrected chi connectivity index (χ1v) is 13.6. The van der Waals surface area contributed by atoms with Crippen molar-refractivity contribution in [3.8, 4) is 0 Å². The third-order valence-corrected chi connectivity index (χ3v) is 7.83. The number of benzene rings is 1. The Kier molecular flexibility index (Phi) is 7.05. The van der Waals surface area contributed by atoms with Crippen LogP contribution in [0.5, 0.6) is 0 Å². The van der Waals surface area contributed by atoms with Gasteiger partial charge in [-0.2, -0.15) is 0 Å². The van der Waals surface area contributed by atoms with Crippen LogP contribution in [0.1, 0.15) is 93.0 Å². The first kappa shape index (κ1) is 25.4. The van der Waals surface area contributed by atoms with Gasteiger partial charge in [-0.15, -0.1) is 10.2 Å². The quantitative estimate of drug-likeness (QED) is 0.463. The summed E-state index contributed by atoms with van der Waals surface area (Å²) in [6.45, 7) is 8.77. The molecule has 1 aromatic heterocycles. The Morgan fingerprint density at radius 1 is 1.16 bits per heavy atom. The highest BCUT2D eigenvalue weighted by Crippen LogP contribution is 2.47. The molecule has 5 rings (SSSR count). The molecule has 0 spiro atoms. The molecule has 1 aliphatic heterocycles. The van der Waals surface area contributed by atoms with Crippen molar-refractivity contribution in [1.82, 2.24) is 25.0 Å². The molecule has 0 unspecified atom stereocenters. The number of hydrogen-bond donors (Lipinski definition) is 2. The molecule has 9 nitrogen and oxygen atoms in total. The van der Waals surface area contributed by atoms with Crippen molar-refractivity contribution in [3.05, 3.63) is 41.0 Å². The molecule has 4 amide bonds. The van der Waals surface area contributed by atoms with E-state index in [1.165, 1.54) is 11.3 Å². The van der Waals surface area contributed by atoms with Gasteiger partial charge in [0, 0.05) is 36.5 Å². The lowest BCUT2D eigenvalue weighted by molar-refractivity contribution is -0.118. The van der Waals surface area contributed by atoms with Crippen LogP contribution in [0.2, 0.25) is 0 Å². The monoisotopic (exact) mass is 506 g/mol. The van der Waals surface area contributed by atoms with Gasteiger partial charge in [-0.3, -0.25) is 14.9 Å². The summed E-state index contributed by atoms with van der Waals surface area (Å²) in [6.07, 6.45) is 5.79. The fourth-order valence-corrected chi connectivity index (χ4v) is 5.90. The summed E-state index contributed by atoms with van der Waals surface area (Å²) in [5.41, 5.74) is 2.91. The lowest BCUT2D eigenvalue weighted by Gasteiger charge is -2.36. The summed E-state index contributed by atoms with van der Waals surface area (Å²) < 4.78 is 2.27. The van der Waals surface area contributed by atoms with Gasteiger partial charge in [-0.1, -0.05) is 31.5 Å². The molecule has 1 aromatic carbocycles. The molecule has 0 radical (unpaired) electrons. The highest BCUT2D eigenvalue weighted by atomic mass is 16.2. The average Bonchev–Trinajstić information content (AvgIpc) is 3.46. The fourth-order valence-electron chi connectivity index (χ4n) is 5.90. The maximum Gasteiger partial charge on any atom is 0.324 e. The standard InChI is InChI=1S/C28H38N6O3/c1-16(2)9-19-11-20(12-19)26-31-32-27(34(26)22-6-7-22)21(14-33-15-25(36)30-28(33)37)13-24(35)29-23-8-5-17(3)10-18(23)4/h5,8,10,16,19-22H,6-7,9,11-15H2,1-4H3,(H,29,35)(H,30,36,37)/t19?,20?,21-/m1/s1. The molecule has 1 atom stereocenters. The number of imide groups is 1. The van der Waals surface area contributed by atoms with Gasteiger partial charge in [0.1, 0.15) is 18.2 Å². The Morgan fingerprint density at radius 3 is 2.54 bits per heavy atom. The summed E-state index contributed by atoms with van der Waals surface area (Å²) in [4.78, 5) is 39.0. The van der Waals surface area contributed by atoms with E-state index in [1.54, 1.807) is 0 Å². The minimum absolute atomic E-state index is 0.00203. The highest BCUT2D eigenvalue weighted by molar-refractivity contribution is 6.02. The second-order valence-electron chi connectivity index (χ2n) is 11.7. The lowest BCUT2D eigenvalue weighted by atomic mass is 9.71. The van der Waals surface area contributed by atoms with E-state index < -0.39 is 6.03 Å². The van der Waals surface area contributed by atoms with Crippen molar-refractivity contribution in [3.63, 3.8) is 0 Å². The third-order valence-electron chi connectivity index (χ3n) is 7.83. The summed E-state index contributed by atoms with van der Waals surface area (Å²) in [5, 5.41) is 14.7. The molecule has 1 saturated heterocycles. The van der Waals surface area contributed by atoms with Gasteiger partial charge in [-0.25, -0.2) is 4.79 Å². The number of anilines is 1. The van der Waals surface area contributed by atoms with Gasteiger partial charge in [0.15, 0.2) is 0 Å². The highest BCUT2D eigenvalue weighted by Gasteiger charge is 2.40. The maximum atomic E-state index is 13.2. The number of aryl methyl sites for hydroxylation is 2. The van der Waals surface area contributed by atoms with Gasteiger partial charge in [0.25, 0.3) is 0 Å². The molecule has 2 aliphatic carbocycles. The SMILES string of the molecule is Cc1ccc(NC(=O)C[C@H](CN2CC(=O)NC2=O)c2nnc(C3CC(CC(C)C)C3)n2C2CC2)c(C)c1. The van der Waals surface area contributed by atoms with E-state index in [0.717, 1.165) is 60.1 Å². The molecule has 9 heteroatoms. The second kappa shape index (κ2) is 10.3. The number of urea groups is 1.